The zero-order valence-corrected chi connectivity index (χ0v) is 9.85. The maximum Gasteiger partial charge on any atom is 0.177 e. The molecule has 86 valence electrons. The number of aryl methyl sites for hydroxylation is 1. The predicted octanol–water partition coefficient (Wildman–Crippen LogP) is 1.64. The summed E-state index contributed by atoms with van der Waals surface area (Å²) in [4.78, 5) is 8.75. The van der Waals surface area contributed by atoms with Gasteiger partial charge in [-0.15, -0.1) is 0 Å². The smallest absolute Gasteiger partial charge is 0.177 e. The van der Waals surface area contributed by atoms with E-state index in [0.717, 1.165) is 36.3 Å². The summed E-state index contributed by atoms with van der Waals surface area (Å²) in [6.45, 7) is 2.15. The van der Waals surface area contributed by atoms with Crippen molar-refractivity contribution in [3.63, 3.8) is 0 Å². The fourth-order valence-electron chi connectivity index (χ4n) is 1.96. The van der Waals surface area contributed by atoms with Gasteiger partial charge in [-0.3, -0.25) is 0 Å². The molecule has 0 saturated heterocycles. The second-order valence-corrected chi connectivity index (χ2v) is 4.19. The van der Waals surface area contributed by atoms with Crippen LogP contribution in [0.4, 0.5) is 0 Å². The summed E-state index contributed by atoms with van der Waals surface area (Å²) >= 11 is 0. The summed E-state index contributed by atoms with van der Waals surface area (Å²) in [6.07, 6.45) is 4.74. The van der Waals surface area contributed by atoms with Gasteiger partial charge in [-0.2, -0.15) is 0 Å². The highest BCUT2D eigenvalue weighted by Gasteiger charge is 2.11. The van der Waals surface area contributed by atoms with Gasteiger partial charge in [0.25, 0.3) is 0 Å². The maximum atomic E-state index is 6.03. The van der Waals surface area contributed by atoms with Crippen LogP contribution in [-0.4, -0.2) is 20.6 Å². The van der Waals surface area contributed by atoms with Crippen LogP contribution in [0.2, 0.25) is 0 Å². The number of hydrogen-bond acceptors (Lipinski definition) is 3. The standard InChI is InChI=1S/C12H18N4/c1-3-5-9(13)8-11-15-12-10(16(11)2)6-4-7-14-12/h4,6-7,9H,3,5,8,13H2,1-2H3. The summed E-state index contributed by atoms with van der Waals surface area (Å²) in [5.74, 6) is 1.02. The Morgan fingerprint density at radius 3 is 3.00 bits per heavy atom. The van der Waals surface area contributed by atoms with Gasteiger partial charge in [-0.1, -0.05) is 13.3 Å². The van der Waals surface area contributed by atoms with Crippen molar-refractivity contribution in [2.24, 2.45) is 12.8 Å². The molecule has 0 aliphatic heterocycles. The van der Waals surface area contributed by atoms with Gasteiger partial charge >= 0.3 is 0 Å². The van der Waals surface area contributed by atoms with E-state index in [0.29, 0.717) is 0 Å². The van der Waals surface area contributed by atoms with E-state index in [1.165, 1.54) is 0 Å². The van der Waals surface area contributed by atoms with Crippen LogP contribution in [0.15, 0.2) is 18.3 Å². The van der Waals surface area contributed by atoms with E-state index in [4.69, 9.17) is 5.73 Å². The number of nitrogens with zero attached hydrogens (tertiary/aromatic N) is 3. The number of nitrogens with two attached hydrogens (primary N) is 1. The Bertz CT molecular complexity index is 475. The van der Waals surface area contributed by atoms with E-state index >= 15 is 0 Å². The fraction of sp³-hybridized carbons (Fsp3) is 0.500. The lowest BCUT2D eigenvalue weighted by molar-refractivity contribution is 0.576. The Morgan fingerprint density at radius 2 is 2.31 bits per heavy atom. The number of rotatable bonds is 4. The van der Waals surface area contributed by atoms with Gasteiger partial charge in [0.2, 0.25) is 0 Å². The third kappa shape index (κ3) is 2.07. The summed E-state index contributed by atoms with van der Waals surface area (Å²) in [7, 11) is 2.02. The summed E-state index contributed by atoms with van der Waals surface area (Å²) in [5, 5.41) is 0. The molecule has 16 heavy (non-hydrogen) atoms. The molecule has 1 atom stereocenters. The zero-order chi connectivity index (χ0) is 11.5. The highest BCUT2D eigenvalue weighted by atomic mass is 15.1. The van der Waals surface area contributed by atoms with Gasteiger partial charge in [-0.25, -0.2) is 9.97 Å². The van der Waals surface area contributed by atoms with Gasteiger partial charge in [0.15, 0.2) is 5.65 Å². The quantitative estimate of drug-likeness (QED) is 0.848. The van der Waals surface area contributed by atoms with Crippen molar-refractivity contribution in [2.45, 2.75) is 32.2 Å². The molecule has 0 saturated carbocycles. The van der Waals surface area contributed by atoms with E-state index in [2.05, 4.69) is 21.5 Å². The molecule has 0 spiro atoms. The van der Waals surface area contributed by atoms with Gasteiger partial charge in [0, 0.05) is 25.7 Å². The molecule has 2 aromatic heterocycles. The molecule has 0 radical (unpaired) electrons. The molecule has 2 aromatic rings. The molecule has 2 N–H and O–H groups in total. The molecule has 0 aliphatic carbocycles. The van der Waals surface area contributed by atoms with Gasteiger partial charge in [0.05, 0.1) is 5.52 Å². The topological polar surface area (TPSA) is 56.7 Å². The molecule has 4 heteroatoms. The molecule has 0 fully saturated rings. The number of pyridine rings is 1. The SMILES string of the molecule is CCCC(N)Cc1nc2ncccc2n1C. The average molecular weight is 218 g/mol. The Labute approximate surface area is 95.5 Å². The van der Waals surface area contributed by atoms with Crippen molar-refractivity contribution in [1.29, 1.82) is 0 Å². The van der Waals surface area contributed by atoms with E-state index in [9.17, 15) is 0 Å². The van der Waals surface area contributed by atoms with Crippen LogP contribution in [0, 0.1) is 0 Å². The first kappa shape index (κ1) is 11.1. The van der Waals surface area contributed by atoms with E-state index in [-0.39, 0.29) is 6.04 Å². The van der Waals surface area contributed by atoms with Gasteiger partial charge in [0.1, 0.15) is 5.82 Å². The van der Waals surface area contributed by atoms with Crippen LogP contribution >= 0.6 is 0 Å². The Morgan fingerprint density at radius 1 is 1.50 bits per heavy atom. The number of imidazole rings is 1. The molecular weight excluding hydrogens is 200 g/mol. The van der Waals surface area contributed by atoms with Gasteiger partial charge < -0.3 is 10.3 Å². The Hall–Kier alpha value is -1.42. The number of aromatic nitrogens is 3. The second-order valence-electron chi connectivity index (χ2n) is 4.19. The predicted molar refractivity (Wildman–Crippen MR) is 65.1 cm³/mol. The molecular formula is C12H18N4. The summed E-state index contributed by atoms with van der Waals surface area (Å²) in [6, 6.07) is 4.16. The van der Waals surface area contributed by atoms with E-state index < -0.39 is 0 Å². The second kappa shape index (κ2) is 4.61. The average Bonchev–Trinajstić information content (AvgIpc) is 2.57. The highest BCUT2D eigenvalue weighted by molar-refractivity contribution is 5.71. The van der Waals surface area contributed by atoms with Crippen LogP contribution in [0.3, 0.4) is 0 Å². The molecule has 0 aromatic carbocycles. The first-order valence-electron chi connectivity index (χ1n) is 5.74. The van der Waals surface area contributed by atoms with E-state index in [1.54, 1.807) is 6.20 Å². The molecule has 2 rings (SSSR count). The lowest BCUT2D eigenvalue weighted by atomic mass is 10.1. The first-order chi connectivity index (χ1) is 7.72. The van der Waals surface area contributed by atoms with Gasteiger partial charge in [-0.05, 0) is 18.6 Å². The van der Waals surface area contributed by atoms with E-state index in [1.807, 2.05) is 19.2 Å². The normalized spacial score (nSPS) is 13.2. The molecule has 0 amide bonds. The summed E-state index contributed by atoms with van der Waals surface area (Å²) < 4.78 is 2.08. The molecule has 0 bridgehead atoms. The van der Waals surface area contributed by atoms with Crippen LogP contribution in [-0.2, 0) is 13.5 Å². The third-order valence-electron chi connectivity index (χ3n) is 2.85. The monoisotopic (exact) mass is 218 g/mol. The fourth-order valence-corrected chi connectivity index (χ4v) is 1.96. The minimum Gasteiger partial charge on any atom is -0.330 e. The third-order valence-corrected chi connectivity index (χ3v) is 2.85. The lowest BCUT2D eigenvalue weighted by Crippen LogP contribution is -2.24. The van der Waals surface area contributed by atoms with Crippen LogP contribution in [0.5, 0.6) is 0 Å². The van der Waals surface area contributed by atoms with Crippen molar-refractivity contribution >= 4 is 11.2 Å². The number of fused-ring (bicyclic) bond motifs is 1. The molecule has 1 unspecified atom stereocenters. The van der Waals surface area contributed by atoms with Crippen LogP contribution in [0.1, 0.15) is 25.6 Å². The molecule has 2 heterocycles. The van der Waals surface area contributed by atoms with Crippen molar-refractivity contribution in [2.75, 3.05) is 0 Å². The van der Waals surface area contributed by atoms with Crippen molar-refractivity contribution in [1.82, 2.24) is 14.5 Å². The van der Waals surface area contributed by atoms with Crippen LogP contribution < -0.4 is 5.73 Å². The minimum atomic E-state index is 0.195. The maximum absolute atomic E-state index is 6.03. The van der Waals surface area contributed by atoms with Crippen LogP contribution in [0.25, 0.3) is 11.2 Å². The zero-order valence-electron chi connectivity index (χ0n) is 9.85. The lowest BCUT2D eigenvalue weighted by Gasteiger charge is -2.09. The van der Waals surface area contributed by atoms with Crippen molar-refractivity contribution in [3.8, 4) is 0 Å². The van der Waals surface area contributed by atoms with Crippen molar-refractivity contribution < 1.29 is 0 Å². The molecule has 4 nitrogen and oxygen atoms in total. The number of hydrogen-bond donors (Lipinski definition) is 1. The minimum absolute atomic E-state index is 0.195. The first-order valence-corrected chi connectivity index (χ1v) is 5.74. The highest BCUT2D eigenvalue weighted by Crippen LogP contribution is 2.13. The Kier molecular flexibility index (Phi) is 3.19. The Balaban J connectivity index is 2.27. The molecule has 0 aliphatic rings. The van der Waals surface area contributed by atoms with Crippen molar-refractivity contribution in [3.05, 3.63) is 24.2 Å². The largest absolute Gasteiger partial charge is 0.330 e. The summed E-state index contributed by atoms with van der Waals surface area (Å²) in [5.41, 5.74) is 7.91.